The highest BCUT2D eigenvalue weighted by molar-refractivity contribution is 9.10. The fourth-order valence-corrected chi connectivity index (χ4v) is 5.59. The van der Waals surface area contributed by atoms with Crippen LogP contribution in [0.5, 0.6) is 0 Å². The van der Waals surface area contributed by atoms with Gasteiger partial charge in [0.25, 0.3) is 0 Å². The van der Waals surface area contributed by atoms with Crippen LogP contribution in [0, 0.1) is 11.8 Å². The van der Waals surface area contributed by atoms with E-state index in [-0.39, 0.29) is 11.8 Å². The van der Waals surface area contributed by atoms with Gasteiger partial charge in [0, 0.05) is 41.3 Å². The SMILES string of the molecule is CC1CCCN(c2ccc(CNC(=O)C3CCN(Cc4nc(-c5cccc(Br)c5)no4)CC3)cc2)C1. The van der Waals surface area contributed by atoms with Crippen molar-refractivity contribution in [2.24, 2.45) is 11.8 Å². The number of anilines is 1. The van der Waals surface area contributed by atoms with Crippen LogP contribution >= 0.6 is 15.9 Å². The summed E-state index contributed by atoms with van der Waals surface area (Å²) in [5.41, 5.74) is 3.35. The molecule has 1 amide bonds. The van der Waals surface area contributed by atoms with Crippen LogP contribution in [0.4, 0.5) is 5.69 Å². The van der Waals surface area contributed by atoms with Crippen LogP contribution in [0.2, 0.25) is 0 Å². The molecule has 2 aliphatic heterocycles. The van der Waals surface area contributed by atoms with Crippen LogP contribution in [0.25, 0.3) is 11.4 Å². The van der Waals surface area contributed by atoms with Gasteiger partial charge in [-0.15, -0.1) is 0 Å². The lowest BCUT2D eigenvalue weighted by atomic mass is 9.96. The predicted octanol–water partition coefficient (Wildman–Crippen LogP) is 5.26. The number of benzene rings is 2. The molecule has 2 aliphatic rings. The van der Waals surface area contributed by atoms with E-state index in [1.54, 1.807) is 0 Å². The Balaban J connectivity index is 1.06. The van der Waals surface area contributed by atoms with Crippen LogP contribution in [0.3, 0.4) is 0 Å². The lowest BCUT2D eigenvalue weighted by molar-refractivity contribution is -0.126. The Bertz CT molecular complexity index is 1160. The minimum atomic E-state index is 0.0512. The molecule has 7 nitrogen and oxygen atoms in total. The number of amides is 1. The fourth-order valence-electron chi connectivity index (χ4n) is 5.19. The summed E-state index contributed by atoms with van der Waals surface area (Å²) in [6.07, 6.45) is 4.26. The minimum absolute atomic E-state index is 0.0512. The molecular weight excluding hydrogens is 518 g/mol. The summed E-state index contributed by atoms with van der Waals surface area (Å²) < 4.78 is 6.46. The van der Waals surface area contributed by atoms with Crippen molar-refractivity contribution < 1.29 is 9.32 Å². The molecule has 0 spiro atoms. The van der Waals surface area contributed by atoms with E-state index in [1.807, 2.05) is 24.3 Å². The van der Waals surface area contributed by atoms with E-state index in [1.165, 1.54) is 18.5 Å². The molecule has 36 heavy (non-hydrogen) atoms. The first kappa shape index (κ1) is 25.0. The number of hydrogen-bond donors (Lipinski definition) is 1. The molecule has 1 aromatic heterocycles. The Hall–Kier alpha value is -2.71. The summed E-state index contributed by atoms with van der Waals surface area (Å²) in [5, 5.41) is 7.27. The Morgan fingerprint density at radius 2 is 1.92 bits per heavy atom. The number of hydrogen-bond acceptors (Lipinski definition) is 6. The Morgan fingerprint density at radius 1 is 1.11 bits per heavy atom. The zero-order valence-electron chi connectivity index (χ0n) is 20.8. The number of likely N-dealkylation sites (tertiary alicyclic amines) is 1. The molecule has 5 rings (SSSR count). The predicted molar refractivity (Wildman–Crippen MR) is 144 cm³/mol. The van der Waals surface area contributed by atoms with Gasteiger partial charge in [-0.25, -0.2) is 0 Å². The summed E-state index contributed by atoms with van der Waals surface area (Å²) in [6, 6.07) is 16.5. The highest BCUT2D eigenvalue weighted by Gasteiger charge is 2.26. The molecule has 0 aliphatic carbocycles. The number of carbonyl (C=O) groups is 1. The highest BCUT2D eigenvalue weighted by atomic mass is 79.9. The van der Waals surface area contributed by atoms with Gasteiger partial charge in [-0.3, -0.25) is 9.69 Å². The van der Waals surface area contributed by atoms with Crippen molar-refractivity contribution in [2.45, 2.75) is 45.7 Å². The second-order valence-corrected chi connectivity index (χ2v) is 11.1. The van der Waals surface area contributed by atoms with E-state index < -0.39 is 0 Å². The first-order valence-electron chi connectivity index (χ1n) is 13.0. The zero-order chi connectivity index (χ0) is 24.9. The monoisotopic (exact) mass is 551 g/mol. The van der Waals surface area contributed by atoms with Gasteiger partial charge < -0.3 is 14.7 Å². The normalized spacial score (nSPS) is 19.4. The second-order valence-electron chi connectivity index (χ2n) is 10.2. The lowest BCUT2D eigenvalue weighted by Crippen LogP contribution is -2.40. The third-order valence-corrected chi connectivity index (χ3v) is 7.79. The molecule has 3 aromatic rings. The van der Waals surface area contributed by atoms with E-state index in [4.69, 9.17) is 4.52 Å². The molecule has 1 atom stereocenters. The first-order valence-corrected chi connectivity index (χ1v) is 13.8. The van der Waals surface area contributed by atoms with Gasteiger partial charge in [0.1, 0.15) is 0 Å². The molecule has 0 saturated carbocycles. The molecule has 8 heteroatoms. The number of nitrogens with zero attached hydrogens (tertiary/aromatic N) is 4. The number of rotatable bonds is 7. The minimum Gasteiger partial charge on any atom is -0.371 e. The Kier molecular flexibility index (Phi) is 8.02. The third kappa shape index (κ3) is 6.34. The van der Waals surface area contributed by atoms with E-state index in [9.17, 15) is 4.79 Å². The van der Waals surface area contributed by atoms with Gasteiger partial charge in [0.15, 0.2) is 0 Å². The molecule has 0 radical (unpaired) electrons. The molecule has 2 saturated heterocycles. The number of carbonyl (C=O) groups excluding carboxylic acids is 1. The van der Waals surface area contributed by atoms with Crippen molar-refractivity contribution in [1.82, 2.24) is 20.4 Å². The van der Waals surface area contributed by atoms with Crippen molar-refractivity contribution in [2.75, 3.05) is 31.1 Å². The average Bonchev–Trinajstić information content (AvgIpc) is 3.36. The van der Waals surface area contributed by atoms with Crippen LogP contribution < -0.4 is 10.2 Å². The Morgan fingerprint density at radius 3 is 2.67 bits per heavy atom. The van der Waals surface area contributed by atoms with Crippen molar-refractivity contribution in [3.8, 4) is 11.4 Å². The molecular formula is C28H34BrN5O2. The Labute approximate surface area is 221 Å². The van der Waals surface area contributed by atoms with E-state index in [2.05, 4.69) is 72.4 Å². The summed E-state index contributed by atoms with van der Waals surface area (Å²) >= 11 is 3.48. The maximum absolute atomic E-state index is 12.8. The fraction of sp³-hybridized carbons (Fsp3) is 0.464. The molecule has 0 bridgehead atoms. The van der Waals surface area contributed by atoms with Crippen molar-refractivity contribution >= 4 is 27.5 Å². The quantitative estimate of drug-likeness (QED) is 0.431. The summed E-state index contributed by atoms with van der Waals surface area (Å²) in [6.45, 7) is 7.47. The van der Waals surface area contributed by atoms with Crippen molar-refractivity contribution in [1.29, 1.82) is 0 Å². The number of halogens is 1. The lowest BCUT2D eigenvalue weighted by Gasteiger charge is -2.33. The maximum Gasteiger partial charge on any atom is 0.241 e. The van der Waals surface area contributed by atoms with E-state index in [0.717, 1.165) is 60.5 Å². The van der Waals surface area contributed by atoms with Crippen LogP contribution in [0.1, 0.15) is 44.1 Å². The third-order valence-electron chi connectivity index (χ3n) is 7.29. The number of nitrogens with one attached hydrogen (secondary N) is 1. The molecule has 1 unspecified atom stereocenters. The summed E-state index contributed by atoms with van der Waals surface area (Å²) in [4.78, 5) is 22.1. The van der Waals surface area contributed by atoms with Gasteiger partial charge in [0.05, 0.1) is 6.54 Å². The average molecular weight is 553 g/mol. The van der Waals surface area contributed by atoms with Gasteiger partial charge in [-0.1, -0.05) is 52.3 Å². The van der Waals surface area contributed by atoms with Crippen LogP contribution in [0.15, 0.2) is 57.5 Å². The summed E-state index contributed by atoms with van der Waals surface area (Å²) in [5.74, 6) is 2.16. The van der Waals surface area contributed by atoms with Crippen LogP contribution in [-0.2, 0) is 17.9 Å². The van der Waals surface area contributed by atoms with Gasteiger partial charge in [-0.05, 0) is 74.5 Å². The molecule has 190 valence electrons. The number of aromatic nitrogens is 2. The van der Waals surface area contributed by atoms with Gasteiger partial charge in [-0.2, -0.15) is 4.98 Å². The summed E-state index contributed by atoms with van der Waals surface area (Å²) in [7, 11) is 0. The van der Waals surface area contributed by atoms with E-state index in [0.29, 0.717) is 24.8 Å². The number of piperidine rings is 2. The zero-order valence-corrected chi connectivity index (χ0v) is 22.4. The van der Waals surface area contributed by atoms with Gasteiger partial charge >= 0.3 is 0 Å². The van der Waals surface area contributed by atoms with E-state index >= 15 is 0 Å². The van der Waals surface area contributed by atoms with Crippen molar-refractivity contribution in [3.63, 3.8) is 0 Å². The highest BCUT2D eigenvalue weighted by Crippen LogP contribution is 2.24. The maximum atomic E-state index is 12.8. The molecule has 2 aromatic carbocycles. The standard InChI is InChI=1S/C28H34BrN5O2/c1-20-4-3-13-34(18-20)25-9-7-21(8-10-25)17-30-28(35)22-11-14-33(15-12-22)19-26-31-27(32-36-26)23-5-2-6-24(29)16-23/h2,5-10,16,20,22H,3-4,11-15,17-19H2,1H3,(H,30,35). The second kappa shape index (κ2) is 11.6. The molecule has 2 fully saturated rings. The molecule has 1 N–H and O–H groups in total. The smallest absolute Gasteiger partial charge is 0.241 e. The largest absolute Gasteiger partial charge is 0.371 e. The van der Waals surface area contributed by atoms with Crippen molar-refractivity contribution in [3.05, 3.63) is 64.5 Å². The molecule has 3 heterocycles. The van der Waals surface area contributed by atoms with Crippen LogP contribution in [-0.4, -0.2) is 47.1 Å². The first-order chi connectivity index (χ1) is 17.5. The topological polar surface area (TPSA) is 74.5 Å². The van der Waals surface area contributed by atoms with Gasteiger partial charge in [0.2, 0.25) is 17.6 Å².